The Hall–Kier alpha value is -0.790. The van der Waals surface area contributed by atoms with Crippen LogP contribution in [-0.2, 0) is 9.53 Å². The van der Waals surface area contributed by atoms with Crippen molar-refractivity contribution < 1.29 is 9.53 Å². The van der Waals surface area contributed by atoms with E-state index in [0.29, 0.717) is 23.2 Å². The zero-order chi connectivity index (χ0) is 13.5. The summed E-state index contributed by atoms with van der Waals surface area (Å²) in [5.41, 5.74) is 1.44. The Morgan fingerprint density at radius 3 is 2.67 bits per heavy atom. The molecule has 0 radical (unpaired) electrons. The largest absolute Gasteiger partial charge is 0.469 e. The SMILES string of the molecule is C=C1CCC2C(C1C(=O)OC)[C@@H](C)CCC2(C)C. The number of methoxy groups -OCH3 is 1. The summed E-state index contributed by atoms with van der Waals surface area (Å²) >= 11 is 0. The minimum absolute atomic E-state index is 0.0664. The Morgan fingerprint density at radius 1 is 1.39 bits per heavy atom. The highest BCUT2D eigenvalue weighted by Gasteiger charge is 2.50. The number of rotatable bonds is 1. The van der Waals surface area contributed by atoms with Crippen molar-refractivity contribution in [3.63, 3.8) is 0 Å². The van der Waals surface area contributed by atoms with E-state index in [1.54, 1.807) is 0 Å². The standard InChI is InChI=1S/C16H26O2/c1-10-6-7-12-13(14(10)15(17)18-5)11(2)8-9-16(12,3)4/h11-14H,1,6-9H2,2-5H3/t11-,12?,13?,14?/m0/s1. The molecule has 0 N–H and O–H groups in total. The topological polar surface area (TPSA) is 26.3 Å². The van der Waals surface area contributed by atoms with Gasteiger partial charge in [0.1, 0.15) is 0 Å². The van der Waals surface area contributed by atoms with Crippen LogP contribution < -0.4 is 0 Å². The molecular weight excluding hydrogens is 224 g/mol. The molecule has 2 rings (SSSR count). The van der Waals surface area contributed by atoms with E-state index in [1.807, 2.05) is 0 Å². The molecule has 2 fully saturated rings. The van der Waals surface area contributed by atoms with Gasteiger partial charge in [0, 0.05) is 0 Å². The van der Waals surface area contributed by atoms with Gasteiger partial charge in [-0.1, -0.05) is 32.9 Å². The fourth-order valence-corrected chi connectivity index (χ4v) is 4.26. The van der Waals surface area contributed by atoms with Crippen LogP contribution in [0.15, 0.2) is 12.2 Å². The van der Waals surface area contributed by atoms with Crippen LogP contribution in [0.5, 0.6) is 0 Å². The molecule has 2 nitrogen and oxygen atoms in total. The summed E-state index contributed by atoms with van der Waals surface area (Å²) in [4.78, 5) is 12.1. The van der Waals surface area contributed by atoms with Crippen molar-refractivity contribution in [2.24, 2.45) is 29.1 Å². The first-order valence-electron chi connectivity index (χ1n) is 7.14. The number of fused-ring (bicyclic) bond motifs is 1. The highest BCUT2D eigenvalue weighted by Crippen LogP contribution is 2.55. The van der Waals surface area contributed by atoms with Gasteiger partial charge in [0.2, 0.25) is 0 Å². The summed E-state index contributed by atoms with van der Waals surface area (Å²) in [5, 5.41) is 0. The fourth-order valence-electron chi connectivity index (χ4n) is 4.26. The second-order valence-corrected chi connectivity index (χ2v) is 6.89. The Balaban J connectivity index is 2.34. The van der Waals surface area contributed by atoms with Crippen molar-refractivity contribution in [1.82, 2.24) is 0 Å². The molecule has 0 saturated heterocycles. The van der Waals surface area contributed by atoms with Crippen LogP contribution in [0.3, 0.4) is 0 Å². The third-order valence-corrected chi connectivity index (χ3v) is 5.43. The van der Waals surface area contributed by atoms with Crippen LogP contribution in [0.4, 0.5) is 0 Å². The molecule has 0 heterocycles. The Kier molecular flexibility index (Phi) is 3.57. The lowest BCUT2D eigenvalue weighted by Crippen LogP contribution is -2.48. The summed E-state index contributed by atoms with van der Waals surface area (Å²) in [6.07, 6.45) is 4.66. The maximum absolute atomic E-state index is 12.1. The minimum Gasteiger partial charge on any atom is -0.469 e. The maximum atomic E-state index is 12.1. The van der Waals surface area contributed by atoms with Crippen molar-refractivity contribution >= 4 is 5.97 Å². The molecule has 0 aliphatic heterocycles. The lowest BCUT2D eigenvalue weighted by atomic mass is 9.52. The van der Waals surface area contributed by atoms with E-state index in [1.165, 1.54) is 26.4 Å². The molecule has 0 aromatic rings. The molecule has 0 amide bonds. The van der Waals surface area contributed by atoms with Crippen molar-refractivity contribution in [3.05, 3.63) is 12.2 Å². The normalized spacial score (nSPS) is 39.0. The molecule has 0 aromatic heterocycles. The first-order valence-corrected chi connectivity index (χ1v) is 7.14. The summed E-state index contributed by atoms with van der Waals surface area (Å²) < 4.78 is 5.03. The lowest BCUT2D eigenvalue weighted by Gasteiger charge is -2.52. The van der Waals surface area contributed by atoms with Crippen LogP contribution >= 0.6 is 0 Å². The molecule has 2 aliphatic carbocycles. The number of esters is 1. The van der Waals surface area contributed by atoms with Gasteiger partial charge in [-0.05, 0) is 48.9 Å². The average Bonchev–Trinajstić information content (AvgIpc) is 2.33. The van der Waals surface area contributed by atoms with Crippen molar-refractivity contribution in [2.75, 3.05) is 7.11 Å². The molecule has 0 spiro atoms. The van der Waals surface area contributed by atoms with E-state index < -0.39 is 0 Å². The molecule has 2 saturated carbocycles. The predicted octanol–water partition coefficient (Wildman–Crippen LogP) is 3.81. The lowest BCUT2D eigenvalue weighted by molar-refractivity contribution is -0.151. The van der Waals surface area contributed by atoms with Crippen molar-refractivity contribution in [2.45, 2.75) is 46.5 Å². The summed E-state index contributed by atoms with van der Waals surface area (Å²) in [7, 11) is 1.50. The van der Waals surface area contributed by atoms with Gasteiger partial charge >= 0.3 is 5.97 Å². The minimum atomic E-state index is -0.0701. The second-order valence-electron chi connectivity index (χ2n) is 6.89. The molecule has 2 heteroatoms. The maximum Gasteiger partial charge on any atom is 0.313 e. The number of hydrogen-bond acceptors (Lipinski definition) is 2. The Bertz CT molecular complexity index is 348. The van der Waals surface area contributed by atoms with E-state index >= 15 is 0 Å². The Labute approximate surface area is 111 Å². The predicted molar refractivity (Wildman–Crippen MR) is 73.0 cm³/mol. The summed E-state index contributed by atoms with van der Waals surface area (Å²) in [6, 6.07) is 0. The van der Waals surface area contributed by atoms with E-state index in [4.69, 9.17) is 4.74 Å². The van der Waals surface area contributed by atoms with E-state index in [0.717, 1.165) is 12.0 Å². The van der Waals surface area contributed by atoms with E-state index in [9.17, 15) is 4.79 Å². The molecular formula is C16H26O2. The van der Waals surface area contributed by atoms with Crippen LogP contribution in [0.1, 0.15) is 46.5 Å². The van der Waals surface area contributed by atoms with E-state index in [-0.39, 0.29) is 11.9 Å². The second kappa shape index (κ2) is 4.71. The zero-order valence-electron chi connectivity index (χ0n) is 12.2. The zero-order valence-corrected chi connectivity index (χ0v) is 12.2. The molecule has 4 atom stereocenters. The van der Waals surface area contributed by atoms with Gasteiger partial charge in [0.25, 0.3) is 0 Å². The molecule has 2 aliphatic rings. The average molecular weight is 250 g/mol. The molecule has 0 aromatic carbocycles. The quantitative estimate of drug-likeness (QED) is 0.522. The van der Waals surface area contributed by atoms with Gasteiger partial charge < -0.3 is 4.74 Å². The fraction of sp³-hybridized carbons (Fsp3) is 0.812. The number of ether oxygens (including phenoxy) is 1. The third-order valence-electron chi connectivity index (χ3n) is 5.43. The van der Waals surface area contributed by atoms with Gasteiger partial charge in [-0.15, -0.1) is 0 Å². The third kappa shape index (κ3) is 2.10. The highest BCUT2D eigenvalue weighted by atomic mass is 16.5. The van der Waals surface area contributed by atoms with Crippen LogP contribution in [-0.4, -0.2) is 13.1 Å². The molecule has 3 unspecified atom stereocenters. The van der Waals surface area contributed by atoms with Crippen LogP contribution in [0.25, 0.3) is 0 Å². The summed E-state index contributed by atoms with van der Waals surface area (Å²) in [5.74, 6) is 1.53. The van der Waals surface area contributed by atoms with Gasteiger partial charge in [-0.25, -0.2) is 0 Å². The molecule has 102 valence electrons. The van der Waals surface area contributed by atoms with Gasteiger partial charge in [-0.2, -0.15) is 0 Å². The highest BCUT2D eigenvalue weighted by molar-refractivity contribution is 5.76. The summed E-state index contributed by atoms with van der Waals surface area (Å²) in [6.45, 7) is 11.2. The number of carbonyl (C=O) groups excluding carboxylic acids is 1. The number of carbonyl (C=O) groups is 1. The van der Waals surface area contributed by atoms with E-state index in [2.05, 4.69) is 27.4 Å². The molecule has 0 bridgehead atoms. The Morgan fingerprint density at radius 2 is 2.06 bits per heavy atom. The smallest absolute Gasteiger partial charge is 0.313 e. The van der Waals surface area contributed by atoms with Gasteiger partial charge in [0.15, 0.2) is 0 Å². The van der Waals surface area contributed by atoms with Crippen LogP contribution in [0, 0.1) is 29.1 Å². The first kappa shape index (κ1) is 13.6. The van der Waals surface area contributed by atoms with Gasteiger partial charge in [0.05, 0.1) is 13.0 Å². The number of hydrogen-bond donors (Lipinski definition) is 0. The molecule has 18 heavy (non-hydrogen) atoms. The monoisotopic (exact) mass is 250 g/mol. The van der Waals surface area contributed by atoms with Crippen molar-refractivity contribution in [1.29, 1.82) is 0 Å². The van der Waals surface area contributed by atoms with Crippen LogP contribution in [0.2, 0.25) is 0 Å². The van der Waals surface area contributed by atoms with Crippen molar-refractivity contribution in [3.8, 4) is 0 Å². The van der Waals surface area contributed by atoms with Gasteiger partial charge in [-0.3, -0.25) is 4.79 Å². The first-order chi connectivity index (χ1) is 8.38.